The third kappa shape index (κ3) is 1.64. The van der Waals surface area contributed by atoms with Crippen LogP contribution in [-0.2, 0) is 6.42 Å². The first-order chi connectivity index (χ1) is 7.78. The van der Waals surface area contributed by atoms with E-state index in [9.17, 15) is 5.11 Å². The topological polar surface area (TPSA) is 36.4 Å². The second-order valence-electron chi connectivity index (χ2n) is 5.05. The number of rotatable bonds is 2. The predicted octanol–water partition coefficient (Wildman–Crippen LogP) is 1.22. The van der Waals surface area contributed by atoms with E-state index in [0.29, 0.717) is 12.5 Å². The average Bonchev–Trinajstić information content (AvgIpc) is 2.86. The zero-order chi connectivity index (χ0) is 11.0. The van der Waals surface area contributed by atoms with E-state index in [-0.39, 0.29) is 0 Å². The highest BCUT2D eigenvalue weighted by atomic mass is 16.3. The van der Waals surface area contributed by atoms with E-state index in [1.54, 1.807) is 6.20 Å². The van der Waals surface area contributed by atoms with E-state index in [0.717, 1.165) is 31.6 Å². The summed E-state index contributed by atoms with van der Waals surface area (Å²) in [7, 11) is 0. The summed E-state index contributed by atoms with van der Waals surface area (Å²) < 4.78 is 0. The molecule has 3 rings (SSSR count). The molecule has 0 radical (unpaired) electrons. The van der Waals surface area contributed by atoms with Crippen LogP contribution in [0.3, 0.4) is 0 Å². The lowest BCUT2D eigenvalue weighted by Gasteiger charge is -2.29. The van der Waals surface area contributed by atoms with Crippen molar-refractivity contribution in [2.45, 2.75) is 37.3 Å². The molecule has 2 aliphatic rings. The number of pyridine rings is 1. The summed E-state index contributed by atoms with van der Waals surface area (Å²) >= 11 is 0. The first kappa shape index (κ1) is 10.2. The maximum Gasteiger partial charge on any atom is 0.0869 e. The van der Waals surface area contributed by atoms with Crippen molar-refractivity contribution < 1.29 is 5.11 Å². The molecule has 1 aromatic rings. The molecule has 0 amide bonds. The Morgan fingerprint density at radius 2 is 2.38 bits per heavy atom. The third-order valence-electron chi connectivity index (χ3n) is 4.03. The minimum Gasteiger partial charge on any atom is -0.388 e. The Bertz CT molecular complexity index is 367. The van der Waals surface area contributed by atoms with Crippen molar-refractivity contribution in [1.29, 1.82) is 0 Å². The lowest BCUT2D eigenvalue weighted by atomic mass is 9.88. The van der Waals surface area contributed by atoms with Crippen molar-refractivity contribution in [3.63, 3.8) is 0 Å². The molecule has 0 saturated carbocycles. The number of hydrogen-bond acceptors (Lipinski definition) is 3. The standard InChI is InChI=1S/C13H18N2O/c16-13(10-11-4-1-2-7-14-11)6-9-15-8-3-5-12(13)15/h1-2,4,7,12,16H,3,5-6,8-10H2. The predicted molar refractivity (Wildman–Crippen MR) is 62.1 cm³/mol. The fourth-order valence-electron chi connectivity index (χ4n) is 3.23. The molecule has 2 fully saturated rings. The highest BCUT2D eigenvalue weighted by Crippen LogP contribution is 2.37. The van der Waals surface area contributed by atoms with Gasteiger partial charge in [-0.25, -0.2) is 0 Å². The van der Waals surface area contributed by atoms with Gasteiger partial charge in [-0.3, -0.25) is 9.88 Å². The van der Waals surface area contributed by atoms with Gasteiger partial charge in [-0.15, -0.1) is 0 Å². The molecule has 0 bridgehead atoms. The van der Waals surface area contributed by atoms with Crippen LogP contribution in [0.2, 0.25) is 0 Å². The molecule has 3 nitrogen and oxygen atoms in total. The molecule has 0 aliphatic carbocycles. The molecular formula is C13H18N2O. The van der Waals surface area contributed by atoms with Crippen LogP contribution in [0.5, 0.6) is 0 Å². The van der Waals surface area contributed by atoms with Gasteiger partial charge < -0.3 is 5.11 Å². The number of hydrogen-bond donors (Lipinski definition) is 1. The Balaban J connectivity index is 1.79. The third-order valence-corrected chi connectivity index (χ3v) is 4.03. The van der Waals surface area contributed by atoms with Gasteiger partial charge >= 0.3 is 0 Å². The normalized spacial score (nSPS) is 34.2. The van der Waals surface area contributed by atoms with E-state index in [1.807, 2.05) is 18.2 Å². The molecule has 86 valence electrons. The summed E-state index contributed by atoms with van der Waals surface area (Å²) in [4.78, 5) is 6.76. The van der Waals surface area contributed by atoms with Crippen LogP contribution >= 0.6 is 0 Å². The SMILES string of the molecule is OC1(Cc2ccccn2)CCN2CCCC21. The lowest BCUT2D eigenvalue weighted by molar-refractivity contribution is 0.0132. The van der Waals surface area contributed by atoms with E-state index >= 15 is 0 Å². The smallest absolute Gasteiger partial charge is 0.0869 e. The van der Waals surface area contributed by atoms with E-state index in [2.05, 4.69) is 9.88 Å². The summed E-state index contributed by atoms with van der Waals surface area (Å²) in [5.74, 6) is 0. The maximum atomic E-state index is 10.7. The molecule has 3 heterocycles. The Hall–Kier alpha value is -0.930. The van der Waals surface area contributed by atoms with Crippen LogP contribution in [0.4, 0.5) is 0 Å². The Morgan fingerprint density at radius 3 is 3.19 bits per heavy atom. The van der Waals surface area contributed by atoms with E-state index in [1.165, 1.54) is 6.42 Å². The van der Waals surface area contributed by atoms with Gasteiger partial charge in [0, 0.05) is 30.9 Å². The van der Waals surface area contributed by atoms with E-state index in [4.69, 9.17) is 0 Å². The first-order valence-corrected chi connectivity index (χ1v) is 6.14. The van der Waals surface area contributed by atoms with Gasteiger partial charge in [-0.1, -0.05) is 6.07 Å². The van der Waals surface area contributed by atoms with Crippen molar-refractivity contribution >= 4 is 0 Å². The summed E-state index contributed by atoms with van der Waals surface area (Å²) in [6.07, 6.45) is 5.78. The molecule has 0 spiro atoms. The molecule has 1 N–H and O–H groups in total. The van der Waals surface area contributed by atoms with Crippen LogP contribution < -0.4 is 0 Å². The lowest BCUT2D eigenvalue weighted by Crippen LogP contribution is -2.43. The molecule has 16 heavy (non-hydrogen) atoms. The molecule has 2 saturated heterocycles. The summed E-state index contributed by atoms with van der Waals surface area (Å²) in [6, 6.07) is 6.29. The number of aromatic nitrogens is 1. The van der Waals surface area contributed by atoms with Crippen molar-refractivity contribution in [2.75, 3.05) is 13.1 Å². The first-order valence-electron chi connectivity index (χ1n) is 6.14. The number of fused-ring (bicyclic) bond motifs is 1. The van der Waals surface area contributed by atoms with Crippen molar-refractivity contribution in [3.8, 4) is 0 Å². The fourth-order valence-corrected chi connectivity index (χ4v) is 3.23. The Labute approximate surface area is 96.1 Å². The van der Waals surface area contributed by atoms with Crippen LogP contribution in [0.25, 0.3) is 0 Å². The highest BCUT2D eigenvalue weighted by Gasteiger charge is 2.47. The van der Waals surface area contributed by atoms with Gasteiger partial charge in [0.2, 0.25) is 0 Å². The number of aliphatic hydroxyl groups is 1. The minimum absolute atomic E-state index is 0.370. The van der Waals surface area contributed by atoms with Gasteiger partial charge in [0.15, 0.2) is 0 Å². The maximum absolute atomic E-state index is 10.7. The summed E-state index contributed by atoms with van der Waals surface area (Å²) in [6.45, 7) is 2.21. The van der Waals surface area contributed by atoms with Gasteiger partial charge in [-0.05, 0) is 37.9 Å². The van der Waals surface area contributed by atoms with Gasteiger partial charge in [0.25, 0.3) is 0 Å². The molecule has 0 aromatic carbocycles. The second kappa shape index (κ2) is 3.82. The van der Waals surface area contributed by atoms with Gasteiger partial charge in [0.05, 0.1) is 5.60 Å². The largest absolute Gasteiger partial charge is 0.388 e. The van der Waals surface area contributed by atoms with Crippen LogP contribution in [0, 0.1) is 0 Å². The molecule has 2 aliphatic heterocycles. The average molecular weight is 218 g/mol. The Morgan fingerprint density at radius 1 is 1.44 bits per heavy atom. The van der Waals surface area contributed by atoms with Gasteiger partial charge in [-0.2, -0.15) is 0 Å². The van der Waals surface area contributed by atoms with Crippen molar-refractivity contribution in [1.82, 2.24) is 9.88 Å². The Kier molecular flexibility index (Phi) is 2.45. The molecule has 3 heteroatoms. The highest BCUT2D eigenvalue weighted by molar-refractivity contribution is 5.12. The minimum atomic E-state index is -0.537. The molecule has 1 aromatic heterocycles. The monoisotopic (exact) mass is 218 g/mol. The van der Waals surface area contributed by atoms with Gasteiger partial charge in [0.1, 0.15) is 0 Å². The number of nitrogens with zero attached hydrogens (tertiary/aromatic N) is 2. The van der Waals surface area contributed by atoms with Crippen LogP contribution in [0.15, 0.2) is 24.4 Å². The molecule has 2 atom stereocenters. The van der Waals surface area contributed by atoms with Crippen LogP contribution in [-0.4, -0.2) is 39.7 Å². The molecular weight excluding hydrogens is 200 g/mol. The summed E-state index contributed by atoms with van der Waals surface area (Å²) in [5.41, 5.74) is 0.476. The summed E-state index contributed by atoms with van der Waals surface area (Å²) in [5, 5.41) is 10.7. The second-order valence-corrected chi connectivity index (χ2v) is 5.05. The van der Waals surface area contributed by atoms with Crippen molar-refractivity contribution in [2.24, 2.45) is 0 Å². The van der Waals surface area contributed by atoms with E-state index < -0.39 is 5.60 Å². The zero-order valence-electron chi connectivity index (χ0n) is 9.47. The van der Waals surface area contributed by atoms with Crippen molar-refractivity contribution in [3.05, 3.63) is 30.1 Å². The quantitative estimate of drug-likeness (QED) is 0.811. The van der Waals surface area contributed by atoms with Crippen LogP contribution in [0.1, 0.15) is 25.0 Å². The zero-order valence-corrected chi connectivity index (χ0v) is 9.47. The molecule has 2 unspecified atom stereocenters. The fraction of sp³-hybridized carbons (Fsp3) is 0.615.